The number of carbonyl (C=O) groups excluding carboxylic acids is 2. The van der Waals surface area contributed by atoms with Crippen molar-refractivity contribution >= 4 is 45.1 Å². The van der Waals surface area contributed by atoms with Crippen molar-refractivity contribution in [1.82, 2.24) is 47.8 Å². The van der Waals surface area contributed by atoms with Gasteiger partial charge in [-0.05, 0) is 305 Å². The first kappa shape index (κ1) is 111. The minimum Gasteiger partial charge on any atom is -0.481 e. The molecule has 0 spiro atoms. The summed E-state index contributed by atoms with van der Waals surface area (Å²) < 4.78 is 40.1. The molecule has 0 radical (unpaired) electrons. The second kappa shape index (κ2) is 59.5. The maximum absolute atomic E-state index is 10.2. The number of alkyl halides is 1. The van der Waals surface area contributed by atoms with Gasteiger partial charge < -0.3 is 115 Å². The van der Waals surface area contributed by atoms with Gasteiger partial charge in [0.05, 0.1) is 91.8 Å². The SMILES string of the molecule is C.C1CCOC1.CC(=O)CCC(C)=O.Cc1cc(CBr)nc(-n2c(C)ccc2C)c1.Cc1cc(COCC[C@@H](Cn2c(C)ccc2C)OCc2cc(C)cc(-n3c(C)ccc3C)n2)nc(-n2c(C)ccc2C)c1.Cc1cc(N)nc(COCC[C@@H](CN)OCc2cc(C)cc(N)n2)c1.Cc1ccc(C)n1C[C@@H](O)CCO.NC[C@@H](O)CC(=O)O.NC[C@@H](O)CCO. The highest BCUT2D eigenvalue weighted by atomic mass is 79.9. The summed E-state index contributed by atoms with van der Waals surface area (Å²) >= 11 is 3.45. The Balaban J connectivity index is 0.000000417. The fraction of sp³-hybridized carbons (Fsp3) is 0.500. The Morgan fingerprint density at radius 1 is 0.421 bits per heavy atom. The van der Waals surface area contributed by atoms with Crippen LogP contribution >= 0.6 is 15.9 Å². The number of nitrogens with zero attached hydrogens (tertiary/aromatic N) is 10. The predicted molar refractivity (Wildman–Crippen MR) is 504 cm³/mol. The maximum Gasteiger partial charge on any atom is 0.306 e. The second-order valence-electron chi connectivity index (χ2n) is 31.6. The van der Waals surface area contributed by atoms with E-state index in [1.807, 2.05) is 64.1 Å². The first-order chi connectivity index (χ1) is 59.4. The third kappa shape index (κ3) is 42.0. The molecule has 696 valence electrons. The van der Waals surface area contributed by atoms with E-state index < -0.39 is 24.3 Å². The summed E-state index contributed by atoms with van der Waals surface area (Å²) in [6, 6.07) is 41.4. The van der Waals surface area contributed by atoms with Crippen molar-refractivity contribution in [3.05, 3.63) is 235 Å². The Bertz CT molecular complexity index is 4680. The smallest absolute Gasteiger partial charge is 0.306 e. The van der Waals surface area contributed by atoms with Crippen LogP contribution in [0.2, 0.25) is 0 Å². The molecule has 0 unspecified atom stereocenters. The molecule has 30 heteroatoms. The molecule has 1 saturated heterocycles. The average molecular weight is 1810 g/mol. The van der Waals surface area contributed by atoms with Crippen molar-refractivity contribution in [2.24, 2.45) is 17.2 Å². The minimum atomic E-state index is -1.03. The number of ketones is 2. The zero-order valence-corrected chi connectivity index (χ0v) is 78.4. The van der Waals surface area contributed by atoms with Crippen LogP contribution in [0.5, 0.6) is 0 Å². The number of aliphatic hydroxyl groups excluding tert-OH is 5. The molecular weight excluding hydrogens is 1670 g/mol. The number of carbonyl (C=O) groups is 3. The molecule has 126 heavy (non-hydrogen) atoms. The van der Waals surface area contributed by atoms with E-state index in [1.54, 1.807) is 0 Å². The molecule has 10 aromatic heterocycles. The number of carboxylic acid groups (broad SMARTS) is 1. The molecule has 5 atom stereocenters. The van der Waals surface area contributed by atoms with E-state index in [1.165, 1.54) is 88.9 Å². The molecule has 1 fully saturated rings. The molecule has 0 saturated carbocycles. The molecule has 16 N–H and O–H groups in total. The number of aliphatic carboxylic acids is 1. The number of carboxylic acids is 1. The van der Waals surface area contributed by atoms with Gasteiger partial charge in [0.2, 0.25) is 0 Å². The van der Waals surface area contributed by atoms with Gasteiger partial charge in [0.15, 0.2) is 0 Å². The zero-order chi connectivity index (χ0) is 92.8. The first-order valence-electron chi connectivity index (χ1n) is 42.6. The summed E-state index contributed by atoms with van der Waals surface area (Å²) in [7, 11) is 0. The number of aryl methyl sites for hydroxylation is 15. The normalized spacial score (nSPS) is 12.5. The lowest BCUT2D eigenvalue weighted by molar-refractivity contribution is -0.139. The number of rotatable bonds is 36. The van der Waals surface area contributed by atoms with E-state index in [2.05, 4.69) is 215 Å². The lowest BCUT2D eigenvalue weighted by atomic mass is 10.2. The fourth-order valence-electron chi connectivity index (χ4n) is 13.2. The van der Waals surface area contributed by atoms with Crippen molar-refractivity contribution in [3.63, 3.8) is 0 Å². The number of nitrogen functional groups attached to an aromatic ring is 2. The number of halogens is 1. The molecule has 1 aliphatic rings. The highest BCUT2D eigenvalue weighted by molar-refractivity contribution is 9.08. The Kier molecular flexibility index (Phi) is 52.3. The van der Waals surface area contributed by atoms with Gasteiger partial charge in [-0.15, -0.1) is 0 Å². The molecule has 0 bridgehead atoms. The van der Waals surface area contributed by atoms with E-state index in [9.17, 15) is 19.5 Å². The van der Waals surface area contributed by atoms with Crippen molar-refractivity contribution in [1.29, 1.82) is 0 Å². The quantitative estimate of drug-likeness (QED) is 0.0128. The molecule has 0 aromatic carbocycles. The number of anilines is 2. The number of aromatic nitrogens is 10. The molecule has 11 heterocycles. The van der Waals surface area contributed by atoms with Crippen molar-refractivity contribution < 1.29 is 68.7 Å². The zero-order valence-electron chi connectivity index (χ0n) is 76.8. The van der Waals surface area contributed by atoms with Gasteiger partial charge in [-0.25, -0.2) is 24.9 Å². The van der Waals surface area contributed by atoms with Crippen molar-refractivity contribution in [2.75, 3.05) is 70.7 Å². The summed E-state index contributed by atoms with van der Waals surface area (Å²) in [5.74, 6) is 3.03. The molecule has 0 aliphatic carbocycles. The largest absolute Gasteiger partial charge is 0.481 e. The molecule has 0 amide bonds. The monoisotopic (exact) mass is 1810 g/mol. The van der Waals surface area contributed by atoms with Crippen LogP contribution in [0.3, 0.4) is 0 Å². The van der Waals surface area contributed by atoms with Crippen molar-refractivity contribution in [3.8, 4) is 17.5 Å². The van der Waals surface area contributed by atoms with Gasteiger partial charge >= 0.3 is 5.97 Å². The second-order valence-corrected chi connectivity index (χ2v) is 32.2. The van der Waals surface area contributed by atoms with Crippen LogP contribution in [-0.4, -0.2) is 186 Å². The summed E-state index contributed by atoms with van der Waals surface area (Å²) in [5.41, 5.74) is 49.3. The third-order valence-electron chi connectivity index (χ3n) is 19.8. The lowest BCUT2D eigenvalue weighted by Crippen LogP contribution is -2.25. The van der Waals surface area contributed by atoms with Gasteiger partial charge in [0.25, 0.3) is 0 Å². The summed E-state index contributed by atoms with van der Waals surface area (Å²) in [6.45, 7) is 41.1. The number of ether oxygens (including phenoxy) is 5. The van der Waals surface area contributed by atoms with Crippen LogP contribution in [0.4, 0.5) is 11.6 Å². The van der Waals surface area contributed by atoms with Gasteiger partial charge in [-0.1, -0.05) is 23.4 Å². The van der Waals surface area contributed by atoms with Crippen LogP contribution in [-0.2, 0) is 82.9 Å². The molecule has 29 nitrogen and oxygen atoms in total. The molecule has 11 rings (SSSR count). The number of nitrogens with two attached hydrogens (primary N) is 5. The Morgan fingerprint density at radius 2 is 0.738 bits per heavy atom. The Morgan fingerprint density at radius 3 is 1.06 bits per heavy atom. The fourth-order valence-corrected chi connectivity index (χ4v) is 13.5. The average Bonchev–Trinajstić information content (AvgIpc) is 1.41. The van der Waals surface area contributed by atoms with Crippen LogP contribution in [0, 0.1) is 104 Å². The van der Waals surface area contributed by atoms with Crippen LogP contribution < -0.4 is 28.7 Å². The lowest BCUT2D eigenvalue weighted by Gasteiger charge is -2.21. The van der Waals surface area contributed by atoms with E-state index in [0.29, 0.717) is 96.5 Å². The first-order valence-corrected chi connectivity index (χ1v) is 43.7. The molecule has 10 aromatic rings. The standard InChI is InChI=1S/C36H45N5O2.C18H27N5O2.C13H15BrN2.C10H17NO2.C6H10O2.C4H9NO3.C4H11NO2.C4H8O.CH4/c1-24-17-32(37-35(19-24)40-28(5)11-12-29(40)6)22-42-16-15-34(21-39-26(3)9-10-27(39)4)43-23-33-18-25(2)20-36(38-33)41-30(7)13-14-31(41)8;1-12-5-14(22-17(20)7-12)10-24-4-3-16(9-19)25-11-15-6-13(2)8-18(21)23-15;1-9-6-12(8-14)15-13(7-9)16-10(2)4-5-11(16)3;1-8-3-4-9(2)11(8)7-10(13)5-6-12;1-5(7)3-4-6(2)8;5-2-3(6)1-4(7)8;5-3-4(7)1-2-6;1-2-4-5-3-1;/h9-14,17-20,34H,15-16,21-23H2,1-8H3;5-8,16H,3-4,9-11,19H2,1-2H3,(H2,20,22)(H2,21,23);4-7H,8H2,1-3H3;3-4,10,12-13H,5-7H2,1-2H3;3-4H2,1-2H3;3,6H,1-2,5H2,(H,7,8);4,6-7H,1-3,5H2;1-4H2;1H4/t34-;16-;;10-;;3-;4-;;/m00.0.00../s1. The third-order valence-corrected chi connectivity index (χ3v) is 20.3. The summed E-state index contributed by atoms with van der Waals surface area (Å²) in [5, 5.41) is 52.2. The van der Waals surface area contributed by atoms with Gasteiger partial charge in [0.1, 0.15) is 40.7 Å². The van der Waals surface area contributed by atoms with Crippen molar-refractivity contribution in [2.45, 2.75) is 258 Å². The highest BCUT2D eigenvalue weighted by Crippen LogP contribution is 2.23. The number of aliphatic hydroxyl groups is 5. The van der Waals surface area contributed by atoms with E-state index in [4.69, 9.17) is 87.9 Å². The number of Topliss-reactive ketones (excluding diaryl/α,β-unsaturated/α-hetero) is 2. The molecule has 1 aliphatic heterocycles. The summed E-state index contributed by atoms with van der Waals surface area (Å²) in [4.78, 5) is 53.2. The number of hydrogen-bond acceptors (Lipinski definition) is 23. The van der Waals surface area contributed by atoms with E-state index in [0.717, 1.165) is 99.9 Å². The van der Waals surface area contributed by atoms with E-state index in [-0.39, 0.29) is 63.9 Å². The Hall–Kier alpha value is -9.48. The van der Waals surface area contributed by atoms with Crippen LogP contribution in [0.1, 0.15) is 192 Å². The highest BCUT2D eigenvalue weighted by Gasteiger charge is 2.18. The predicted octanol–water partition coefficient (Wildman–Crippen LogP) is 13.6. The minimum absolute atomic E-state index is 0. The summed E-state index contributed by atoms with van der Waals surface area (Å²) in [6.07, 6.45) is 3.37. The van der Waals surface area contributed by atoms with Gasteiger partial charge in [-0.2, -0.15) is 0 Å². The van der Waals surface area contributed by atoms with Crippen LogP contribution in [0.15, 0.2) is 121 Å². The number of hydrogen-bond donors (Lipinski definition) is 11. The van der Waals surface area contributed by atoms with Gasteiger partial charge in [0, 0.05) is 147 Å². The molecular formula is C96H146BrN15O14. The Labute approximate surface area is 755 Å². The van der Waals surface area contributed by atoms with Gasteiger partial charge in [-0.3, -0.25) is 4.79 Å². The topological polar surface area (TPSA) is 438 Å². The van der Waals surface area contributed by atoms with E-state index >= 15 is 0 Å². The van der Waals surface area contributed by atoms with Crippen LogP contribution in [0.25, 0.3) is 17.5 Å². The number of pyridine rings is 5. The maximum atomic E-state index is 10.2.